The molecule has 0 saturated carbocycles. The summed E-state index contributed by atoms with van der Waals surface area (Å²) in [5.41, 5.74) is -1.40. The Kier molecular flexibility index (Phi) is 4.69. The predicted octanol–water partition coefficient (Wildman–Crippen LogP) is 3.62. The average Bonchev–Trinajstić information content (AvgIpc) is 2.87. The van der Waals surface area contributed by atoms with Gasteiger partial charge >= 0.3 is 10.5 Å². The maximum Gasteiger partial charge on any atom is 0.435 e. The van der Waals surface area contributed by atoms with Gasteiger partial charge in [0.1, 0.15) is 10.9 Å². The molecule has 0 aliphatic heterocycles. The van der Waals surface area contributed by atoms with Gasteiger partial charge in [-0.3, -0.25) is 4.68 Å². The second kappa shape index (κ2) is 5.84. The summed E-state index contributed by atoms with van der Waals surface area (Å²) in [6, 6.07) is 0. The van der Waals surface area contributed by atoms with Gasteiger partial charge in [0.2, 0.25) is 0 Å². The molecular formula is C9H6BrClF3N3OS2. The Morgan fingerprint density at radius 2 is 2.20 bits per heavy atom. The summed E-state index contributed by atoms with van der Waals surface area (Å²) in [6.07, 6.45) is -3.21. The molecule has 4 nitrogen and oxygen atoms in total. The summed E-state index contributed by atoms with van der Waals surface area (Å²) in [7, 11) is 1.30. The standard InChI is InChI=1S/C9H6BrClF3N3OS2/c1-17-7(11)4(6(16-17)9(12,13)14)3-20(18)8-15-2-5(10)19-8/h2H,3H2,1H3/t20-/m0/s1. The van der Waals surface area contributed by atoms with Crippen molar-refractivity contribution in [1.82, 2.24) is 14.8 Å². The Bertz CT molecular complexity index is 630. The topological polar surface area (TPSA) is 53.8 Å². The molecular weight excluding hydrogens is 403 g/mol. The molecule has 1 atom stereocenters. The van der Waals surface area contributed by atoms with E-state index in [0.29, 0.717) is 3.79 Å². The van der Waals surface area contributed by atoms with Crippen molar-refractivity contribution in [3.8, 4) is 0 Å². The number of nitrogens with zero attached hydrogens (tertiary/aromatic N) is 3. The van der Waals surface area contributed by atoms with Gasteiger partial charge in [0.15, 0.2) is 5.69 Å². The molecule has 20 heavy (non-hydrogen) atoms. The largest absolute Gasteiger partial charge is 0.609 e. The number of hydrogen-bond acceptors (Lipinski definition) is 4. The van der Waals surface area contributed by atoms with Crippen LogP contribution in [0.2, 0.25) is 5.15 Å². The number of halogens is 5. The van der Waals surface area contributed by atoms with Crippen molar-refractivity contribution in [3.63, 3.8) is 0 Å². The van der Waals surface area contributed by atoms with Gasteiger partial charge in [0.05, 0.1) is 15.5 Å². The van der Waals surface area contributed by atoms with Crippen LogP contribution in [0.25, 0.3) is 0 Å². The zero-order chi connectivity index (χ0) is 15.1. The van der Waals surface area contributed by atoms with Crippen molar-refractivity contribution in [2.24, 2.45) is 7.05 Å². The number of aryl methyl sites for hydroxylation is 1. The highest BCUT2D eigenvalue weighted by molar-refractivity contribution is 9.11. The Morgan fingerprint density at radius 3 is 2.70 bits per heavy atom. The molecule has 0 radical (unpaired) electrons. The Hall–Kier alpha value is -0.290. The van der Waals surface area contributed by atoms with Gasteiger partial charge in [-0.2, -0.15) is 23.3 Å². The molecule has 110 valence electrons. The molecule has 0 aromatic carbocycles. The van der Waals surface area contributed by atoms with Crippen LogP contribution in [0.3, 0.4) is 0 Å². The molecule has 0 N–H and O–H groups in total. The van der Waals surface area contributed by atoms with Crippen LogP contribution >= 0.6 is 38.9 Å². The minimum absolute atomic E-state index is 0.179. The van der Waals surface area contributed by atoms with Gasteiger partial charge in [-0.15, -0.1) is 0 Å². The van der Waals surface area contributed by atoms with Crippen LogP contribution in [0.1, 0.15) is 11.3 Å². The minimum atomic E-state index is -4.64. The van der Waals surface area contributed by atoms with Crippen LogP contribution in [0.5, 0.6) is 0 Å². The number of aromatic nitrogens is 3. The van der Waals surface area contributed by atoms with E-state index in [1.807, 2.05) is 0 Å². The first-order valence-corrected chi connectivity index (χ1v) is 8.29. The highest BCUT2D eigenvalue weighted by atomic mass is 79.9. The SMILES string of the molecule is Cn1nc(C(F)(F)F)c(C[S@+]([O-])c2ncc(Br)s2)c1Cl. The second-order valence-corrected chi connectivity index (χ2v) is 8.05. The second-order valence-electron chi connectivity index (χ2n) is 3.66. The molecule has 0 bridgehead atoms. The summed E-state index contributed by atoms with van der Waals surface area (Å²) in [5.74, 6) is -0.387. The molecule has 2 heterocycles. The fourth-order valence-corrected chi connectivity index (χ4v) is 4.62. The normalized spacial score (nSPS) is 13.8. The summed E-state index contributed by atoms with van der Waals surface area (Å²) in [6.45, 7) is 0. The molecule has 2 rings (SSSR count). The van der Waals surface area contributed by atoms with Crippen molar-refractivity contribution in [3.05, 3.63) is 26.4 Å². The first kappa shape index (κ1) is 16.1. The van der Waals surface area contributed by atoms with Crippen molar-refractivity contribution in [1.29, 1.82) is 0 Å². The molecule has 0 spiro atoms. The number of alkyl halides is 3. The van der Waals surface area contributed by atoms with Crippen molar-refractivity contribution in [2.45, 2.75) is 16.3 Å². The van der Waals surface area contributed by atoms with E-state index < -0.39 is 23.0 Å². The van der Waals surface area contributed by atoms with E-state index in [-0.39, 0.29) is 20.8 Å². The van der Waals surface area contributed by atoms with E-state index in [4.69, 9.17) is 11.6 Å². The highest BCUT2D eigenvalue weighted by Gasteiger charge is 2.40. The third-order valence-electron chi connectivity index (χ3n) is 2.26. The summed E-state index contributed by atoms with van der Waals surface area (Å²) < 4.78 is 52.4. The van der Waals surface area contributed by atoms with Gasteiger partial charge in [0.25, 0.3) is 0 Å². The molecule has 0 fully saturated rings. The van der Waals surface area contributed by atoms with Crippen LogP contribution in [-0.4, -0.2) is 19.3 Å². The lowest BCUT2D eigenvalue weighted by molar-refractivity contribution is -0.141. The van der Waals surface area contributed by atoms with Gasteiger partial charge in [0, 0.05) is 18.2 Å². The lowest BCUT2D eigenvalue weighted by Crippen LogP contribution is -2.12. The number of thiazole rings is 1. The highest BCUT2D eigenvalue weighted by Crippen LogP contribution is 2.36. The molecule has 11 heteroatoms. The summed E-state index contributed by atoms with van der Waals surface area (Å²) >= 11 is 8.33. The van der Waals surface area contributed by atoms with E-state index in [1.54, 1.807) is 0 Å². The van der Waals surface area contributed by atoms with Crippen LogP contribution < -0.4 is 0 Å². The molecule has 0 unspecified atom stereocenters. The third kappa shape index (κ3) is 3.30. The van der Waals surface area contributed by atoms with Crippen molar-refractivity contribution in [2.75, 3.05) is 0 Å². The van der Waals surface area contributed by atoms with Crippen LogP contribution in [0.15, 0.2) is 14.3 Å². The Labute approximate surface area is 132 Å². The molecule has 2 aromatic rings. The molecule has 0 amide bonds. The zero-order valence-corrected chi connectivity index (χ0v) is 13.7. The smallest absolute Gasteiger partial charge is 0.435 e. The fraction of sp³-hybridized carbons (Fsp3) is 0.333. The molecule has 2 aromatic heterocycles. The average molecular weight is 409 g/mol. The summed E-state index contributed by atoms with van der Waals surface area (Å²) in [4.78, 5) is 3.86. The fourth-order valence-electron chi connectivity index (χ4n) is 1.44. The van der Waals surface area contributed by atoms with E-state index in [2.05, 4.69) is 26.0 Å². The first-order valence-electron chi connectivity index (χ1n) is 4.98. The Balaban J connectivity index is 2.33. The van der Waals surface area contributed by atoms with Gasteiger partial charge in [-0.1, -0.05) is 22.9 Å². The van der Waals surface area contributed by atoms with E-state index in [9.17, 15) is 17.7 Å². The quantitative estimate of drug-likeness (QED) is 0.729. The first-order chi connectivity index (χ1) is 9.20. The van der Waals surface area contributed by atoms with E-state index in [0.717, 1.165) is 16.0 Å². The lowest BCUT2D eigenvalue weighted by atomic mass is 10.3. The third-order valence-corrected chi connectivity index (χ3v) is 5.86. The monoisotopic (exact) mass is 407 g/mol. The number of rotatable bonds is 3. The molecule has 0 saturated heterocycles. The maximum absolute atomic E-state index is 12.8. The van der Waals surface area contributed by atoms with Gasteiger partial charge in [-0.05, 0) is 15.9 Å². The molecule has 0 aliphatic carbocycles. The van der Waals surface area contributed by atoms with Crippen molar-refractivity contribution >= 4 is 50.0 Å². The maximum atomic E-state index is 12.8. The van der Waals surface area contributed by atoms with E-state index in [1.165, 1.54) is 13.2 Å². The van der Waals surface area contributed by atoms with Crippen LogP contribution in [0.4, 0.5) is 13.2 Å². The van der Waals surface area contributed by atoms with Crippen molar-refractivity contribution < 1.29 is 17.7 Å². The van der Waals surface area contributed by atoms with Gasteiger partial charge < -0.3 is 4.55 Å². The molecule has 0 aliphatic rings. The predicted molar refractivity (Wildman–Crippen MR) is 73.1 cm³/mol. The zero-order valence-electron chi connectivity index (χ0n) is 9.74. The van der Waals surface area contributed by atoms with Gasteiger partial charge in [-0.25, -0.2) is 0 Å². The Morgan fingerprint density at radius 1 is 1.55 bits per heavy atom. The van der Waals surface area contributed by atoms with Crippen LogP contribution in [-0.2, 0) is 30.2 Å². The van der Waals surface area contributed by atoms with E-state index >= 15 is 0 Å². The summed E-state index contributed by atoms with van der Waals surface area (Å²) in [5, 5.41) is 3.15. The minimum Gasteiger partial charge on any atom is -0.609 e. The lowest BCUT2D eigenvalue weighted by Gasteiger charge is -2.09. The number of hydrogen-bond donors (Lipinski definition) is 0. The van der Waals surface area contributed by atoms with Crippen LogP contribution in [0, 0.1) is 0 Å².